The monoisotopic (exact) mass is 484 g/mol. The zero-order valence-corrected chi connectivity index (χ0v) is 20.4. The third kappa shape index (κ3) is 4.82. The van der Waals surface area contributed by atoms with E-state index in [0.29, 0.717) is 31.3 Å². The molecule has 11 heteroatoms. The minimum Gasteiger partial charge on any atom is -0.497 e. The zero-order chi connectivity index (χ0) is 25.1. The third-order valence-electron chi connectivity index (χ3n) is 6.27. The highest BCUT2D eigenvalue weighted by Crippen LogP contribution is 2.25. The molecule has 2 aromatic heterocycles. The average molecular weight is 485 g/mol. The third-order valence-corrected chi connectivity index (χ3v) is 6.27. The fourth-order valence-corrected chi connectivity index (χ4v) is 4.36. The Bertz CT molecular complexity index is 1300. The summed E-state index contributed by atoms with van der Waals surface area (Å²) in [4.78, 5) is 34.6. The van der Waals surface area contributed by atoms with Crippen molar-refractivity contribution in [3.05, 3.63) is 57.8 Å². The molecule has 35 heavy (non-hydrogen) atoms. The molecule has 1 atom stereocenters. The first-order valence-corrected chi connectivity index (χ1v) is 11.5. The van der Waals surface area contributed by atoms with Gasteiger partial charge in [0.15, 0.2) is 11.2 Å². The van der Waals surface area contributed by atoms with Crippen molar-refractivity contribution in [3.8, 4) is 5.75 Å². The molecule has 4 rings (SSSR count). The van der Waals surface area contributed by atoms with Crippen molar-refractivity contribution in [1.29, 1.82) is 0 Å². The molecule has 0 radical (unpaired) electrons. The first kappa shape index (κ1) is 24.6. The Labute approximate surface area is 203 Å². The number of aliphatic hydroxyl groups is 1. The smallest absolute Gasteiger partial charge is 0.332 e. The summed E-state index contributed by atoms with van der Waals surface area (Å²) in [6.45, 7) is 6.93. The number of hydrogen-bond acceptors (Lipinski definition) is 8. The zero-order valence-electron chi connectivity index (χ0n) is 20.4. The molecule has 3 heterocycles. The maximum Gasteiger partial charge on any atom is 0.332 e. The SMILES string of the molecule is C=CCOC[C@@H](O)Cn1c(N2CCN(c3ccc(OC)cc3)CC2)nc2c1c(=O)n(C)c(=O)n2C. The molecule has 188 valence electrons. The molecular formula is C24H32N6O5. The number of ether oxygens (including phenoxy) is 2. The van der Waals surface area contributed by atoms with Crippen LogP contribution in [0, 0.1) is 0 Å². The van der Waals surface area contributed by atoms with E-state index >= 15 is 0 Å². The molecule has 1 saturated heterocycles. The lowest BCUT2D eigenvalue weighted by Crippen LogP contribution is -2.47. The van der Waals surface area contributed by atoms with Crippen LogP contribution in [0.1, 0.15) is 0 Å². The number of nitrogens with zero attached hydrogens (tertiary/aromatic N) is 6. The molecule has 0 saturated carbocycles. The van der Waals surface area contributed by atoms with E-state index in [-0.39, 0.29) is 18.7 Å². The van der Waals surface area contributed by atoms with Crippen LogP contribution in [0.3, 0.4) is 0 Å². The highest BCUT2D eigenvalue weighted by Gasteiger charge is 2.27. The van der Waals surface area contributed by atoms with E-state index in [0.717, 1.165) is 29.1 Å². The van der Waals surface area contributed by atoms with Crippen molar-refractivity contribution < 1.29 is 14.6 Å². The number of aliphatic hydroxyl groups excluding tert-OH is 1. The molecule has 1 aromatic carbocycles. The lowest BCUT2D eigenvalue weighted by Gasteiger charge is -2.37. The second-order valence-electron chi connectivity index (χ2n) is 8.55. The highest BCUT2D eigenvalue weighted by atomic mass is 16.5. The second-order valence-corrected chi connectivity index (χ2v) is 8.55. The van der Waals surface area contributed by atoms with Gasteiger partial charge in [0.25, 0.3) is 5.56 Å². The van der Waals surface area contributed by atoms with Gasteiger partial charge in [-0.25, -0.2) is 4.79 Å². The number of fused-ring (bicyclic) bond motifs is 1. The van der Waals surface area contributed by atoms with E-state index in [2.05, 4.69) is 16.4 Å². The van der Waals surface area contributed by atoms with Crippen molar-refractivity contribution in [1.82, 2.24) is 18.7 Å². The number of anilines is 2. The molecule has 0 unspecified atom stereocenters. The van der Waals surface area contributed by atoms with Crippen LogP contribution in [0.15, 0.2) is 46.5 Å². The first-order valence-electron chi connectivity index (χ1n) is 11.5. The number of hydrogen-bond donors (Lipinski definition) is 1. The highest BCUT2D eigenvalue weighted by molar-refractivity contribution is 5.74. The molecular weight excluding hydrogens is 452 g/mol. The molecule has 1 aliphatic rings. The van der Waals surface area contributed by atoms with E-state index in [1.807, 2.05) is 24.3 Å². The number of imidazole rings is 1. The summed E-state index contributed by atoms with van der Waals surface area (Å²) < 4.78 is 14.8. The van der Waals surface area contributed by atoms with Crippen LogP contribution in [0.5, 0.6) is 5.75 Å². The van der Waals surface area contributed by atoms with Crippen LogP contribution in [-0.2, 0) is 25.4 Å². The Morgan fingerprint density at radius 2 is 1.74 bits per heavy atom. The van der Waals surface area contributed by atoms with Crippen LogP contribution in [0.2, 0.25) is 0 Å². The van der Waals surface area contributed by atoms with Crippen LogP contribution in [-0.4, -0.2) is 76.4 Å². The molecule has 3 aromatic rings. The number of methoxy groups -OCH3 is 1. The van der Waals surface area contributed by atoms with E-state index in [1.165, 1.54) is 11.6 Å². The van der Waals surface area contributed by atoms with Crippen molar-refractivity contribution in [2.24, 2.45) is 14.1 Å². The normalized spacial score (nSPS) is 15.0. The Kier molecular flexibility index (Phi) is 7.27. The standard InChI is InChI=1S/C24H32N6O5/c1-5-14-35-16-18(31)15-30-20-21(26(2)24(33)27(3)22(20)32)25-23(30)29-12-10-28(11-13-29)17-6-8-19(34-4)9-7-17/h5-9,18,31H,1,10-16H2,2-4H3/t18-/m0/s1. The van der Waals surface area contributed by atoms with Gasteiger partial charge in [-0.1, -0.05) is 6.08 Å². The topological polar surface area (TPSA) is 107 Å². The Balaban J connectivity index is 1.65. The largest absolute Gasteiger partial charge is 0.497 e. The van der Waals surface area contributed by atoms with E-state index in [4.69, 9.17) is 14.5 Å². The minimum absolute atomic E-state index is 0.0858. The lowest BCUT2D eigenvalue weighted by atomic mass is 10.2. The summed E-state index contributed by atoms with van der Waals surface area (Å²) in [5.41, 5.74) is 0.788. The molecule has 0 bridgehead atoms. The van der Waals surface area contributed by atoms with Crippen molar-refractivity contribution in [2.75, 3.05) is 56.3 Å². The van der Waals surface area contributed by atoms with Crippen molar-refractivity contribution in [3.63, 3.8) is 0 Å². The van der Waals surface area contributed by atoms with Gasteiger partial charge in [-0.15, -0.1) is 6.58 Å². The summed E-state index contributed by atoms with van der Waals surface area (Å²) in [6.07, 6.45) is 0.743. The predicted octanol–water partition coefficient (Wildman–Crippen LogP) is 0.332. The summed E-state index contributed by atoms with van der Waals surface area (Å²) in [7, 11) is 4.68. The number of aromatic nitrogens is 4. The molecule has 0 amide bonds. The van der Waals surface area contributed by atoms with Gasteiger partial charge in [-0.05, 0) is 24.3 Å². The Morgan fingerprint density at radius 3 is 2.37 bits per heavy atom. The Morgan fingerprint density at radius 1 is 1.09 bits per heavy atom. The molecule has 1 N–H and O–H groups in total. The fraction of sp³-hybridized carbons (Fsp3) is 0.458. The fourth-order valence-electron chi connectivity index (χ4n) is 4.36. The first-order chi connectivity index (χ1) is 16.8. The lowest BCUT2D eigenvalue weighted by molar-refractivity contribution is 0.0404. The minimum atomic E-state index is -0.867. The van der Waals surface area contributed by atoms with E-state index in [9.17, 15) is 14.7 Å². The van der Waals surface area contributed by atoms with Gasteiger partial charge in [0, 0.05) is 46.0 Å². The number of piperazine rings is 1. The van der Waals surface area contributed by atoms with Crippen LogP contribution in [0.4, 0.5) is 11.6 Å². The number of benzene rings is 1. The molecule has 0 spiro atoms. The number of aryl methyl sites for hydroxylation is 1. The van der Waals surface area contributed by atoms with Crippen molar-refractivity contribution in [2.45, 2.75) is 12.6 Å². The summed E-state index contributed by atoms with van der Waals surface area (Å²) >= 11 is 0. The maximum absolute atomic E-state index is 13.1. The predicted molar refractivity (Wildman–Crippen MR) is 135 cm³/mol. The van der Waals surface area contributed by atoms with Crippen LogP contribution in [0.25, 0.3) is 11.2 Å². The van der Waals surface area contributed by atoms with Crippen LogP contribution < -0.4 is 25.8 Å². The molecule has 11 nitrogen and oxygen atoms in total. The van der Waals surface area contributed by atoms with Gasteiger partial charge in [0.05, 0.1) is 33.0 Å². The summed E-state index contributed by atoms with van der Waals surface area (Å²) in [5.74, 6) is 1.36. The quantitative estimate of drug-likeness (QED) is 0.342. The van der Waals surface area contributed by atoms with Gasteiger partial charge in [-0.3, -0.25) is 13.9 Å². The summed E-state index contributed by atoms with van der Waals surface area (Å²) in [5, 5.41) is 10.6. The number of rotatable bonds is 9. The van der Waals surface area contributed by atoms with E-state index in [1.54, 1.807) is 24.8 Å². The van der Waals surface area contributed by atoms with Crippen LogP contribution >= 0.6 is 0 Å². The Hall–Kier alpha value is -3.57. The van der Waals surface area contributed by atoms with Gasteiger partial charge in [0.1, 0.15) is 5.75 Å². The van der Waals surface area contributed by atoms with Crippen molar-refractivity contribution >= 4 is 22.8 Å². The van der Waals surface area contributed by atoms with Gasteiger partial charge in [-0.2, -0.15) is 4.98 Å². The molecule has 1 fully saturated rings. The maximum atomic E-state index is 13.1. The summed E-state index contributed by atoms with van der Waals surface area (Å²) in [6, 6.07) is 7.94. The molecule has 1 aliphatic heterocycles. The van der Waals surface area contributed by atoms with Gasteiger partial charge in [0.2, 0.25) is 5.95 Å². The van der Waals surface area contributed by atoms with E-state index < -0.39 is 17.4 Å². The molecule has 0 aliphatic carbocycles. The second kappa shape index (κ2) is 10.4. The van der Waals surface area contributed by atoms with Gasteiger partial charge >= 0.3 is 5.69 Å². The average Bonchev–Trinajstić information content (AvgIpc) is 3.25. The van der Waals surface area contributed by atoms with Gasteiger partial charge < -0.3 is 28.9 Å².